The molecule has 0 aromatic carbocycles. The normalized spacial score (nSPS) is 25.5. The average molecular weight is 242 g/mol. The van der Waals surface area contributed by atoms with Gasteiger partial charge < -0.3 is 15.2 Å². The van der Waals surface area contributed by atoms with E-state index in [4.69, 9.17) is 9.84 Å². The van der Waals surface area contributed by atoms with Crippen LogP contribution in [0.5, 0.6) is 0 Å². The highest BCUT2D eigenvalue weighted by Gasteiger charge is 2.33. The molecule has 2 fully saturated rings. The van der Waals surface area contributed by atoms with Gasteiger partial charge in [0, 0.05) is 26.2 Å². The Hall–Kier alpha value is -1.14. The molecule has 6 heteroatoms. The van der Waals surface area contributed by atoms with Gasteiger partial charge in [-0.05, 0) is 12.8 Å². The molecule has 1 unspecified atom stereocenters. The highest BCUT2D eigenvalue weighted by Crippen LogP contribution is 2.14. The van der Waals surface area contributed by atoms with Crippen LogP contribution in [0.3, 0.4) is 0 Å². The van der Waals surface area contributed by atoms with Crippen LogP contribution >= 0.6 is 0 Å². The molecule has 2 saturated heterocycles. The van der Waals surface area contributed by atoms with Gasteiger partial charge in [0.2, 0.25) is 5.91 Å². The van der Waals surface area contributed by atoms with Crippen LogP contribution in [0.25, 0.3) is 0 Å². The molecule has 0 radical (unpaired) electrons. The fourth-order valence-electron chi connectivity index (χ4n) is 2.15. The minimum absolute atomic E-state index is 0.0515. The zero-order chi connectivity index (χ0) is 12.3. The summed E-state index contributed by atoms with van der Waals surface area (Å²) in [6.45, 7) is 2.59. The number of hydrogen-bond donors (Lipinski definition) is 2. The highest BCUT2D eigenvalue weighted by atomic mass is 16.5. The topological polar surface area (TPSA) is 78.9 Å². The number of nitrogens with one attached hydrogen (secondary N) is 1. The van der Waals surface area contributed by atoms with E-state index in [0.717, 1.165) is 19.4 Å². The number of aliphatic carboxylic acids is 1. The molecule has 0 aromatic rings. The van der Waals surface area contributed by atoms with Crippen LogP contribution < -0.4 is 5.32 Å². The number of hydrogen-bond acceptors (Lipinski definition) is 4. The second kappa shape index (κ2) is 5.46. The molecule has 2 rings (SSSR count). The summed E-state index contributed by atoms with van der Waals surface area (Å²) in [5.74, 6) is -1.13. The van der Waals surface area contributed by atoms with Gasteiger partial charge in [0.1, 0.15) is 0 Å². The largest absolute Gasteiger partial charge is 0.481 e. The van der Waals surface area contributed by atoms with Crippen molar-refractivity contribution in [1.82, 2.24) is 10.2 Å². The van der Waals surface area contributed by atoms with Crippen molar-refractivity contribution >= 4 is 11.9 Å². The molecule has 2 aliphatic heterocycles. The number of rotatable bonds is 5. The van der Waals surface area contributed by atoms with Crippen molar-refractivity contribution < 1.29 is 19.4 Å². The molecule has 6 nitrogen and oxygen atoms in total. The fourth-order valence-corrected chi connectivity index (χ4v) is 2.15. The van der Waals surface area contributed by atoms with Gasteiger partial charge in [-0.2, -0.15) is 0 Å². The summed E-state index contributed by atoms with van der Waals surface area (Å²) in [7, 11) is 0. The monoisotopic (exact) mass is 242 g/mol. The van der Waals surface area contributed by atoms with E-state index in [1.165, 1.54) is 0 Å². The number of amides is 1. The Morgan fingerprint density at radius 2 is 2.18 bits per heavy atom. The van der Waals surface area contributed by atoms with Crippen molar-refractivity contribution in [3.8, 4) is 0 Å². The van der Waals surface area contributed by atoms with Crippen molar-refractivity contribution in [1.29, 1.82) is 0 Å². The Kier molecular flexibility index (Phi) is 3.96. The van der Waals surface area contributed by atoms with Gasteiger partial charge in [0.05, 0.1) is 18.6 Å². The maximum Gasteiger partial charge on any atom is 0.309 e. The summed E-state index contributed by atoms with van der Waals surface area (Å²) < 4.78 is 5.39. The van der Waals surface area contributed by atoms with Crippen molar-refractivity contribution in [2.75, 3.05) is 32.8 Å². The molecule has 2 aliphatic rings. The van der Waals surface area contributed by atoms with Crippen LogP contribution in [0.4, 0.5) is 0 Å². The molecule has 0 bridgehead atoms. The number of carbonyl (C=O) groups is 2. The third-order valence-electron chi connectivity index (χ3n) is 3.22. The van der Waals surface area contributed by atoms with Crippen LogP contribution in [0.15, 0.2) is 0 Å². The minimum atomic E-state index is -0.777. The van der Waals surface area contributed by atoms with Crippen LogP contribution in [0.1, 0.15) is 12.8 Å². The number of nitrogens with zero attached hydrogens (tertiary/aromatic N) is 1. The molecule has 0 spiro atoms. The standard InChI is InChI=1S/C11H18N2O4/c14-10(12-4-9-2-1-3-17-9)7-13-5-8(6-13)11(15)16/h8-9H,1-7H2,(H,12,14)(H,15,16). The Morgan fingerprint density at radius 1 is 1.41 bits per heavy atom. The Morgan fingerprint density at radius 3 is 2.76 bits per heavy atom. The molecule has 1 atom stereocenters. The van der Waals surface area contributed by atoms with Crippen molar-refractivity contribution in [2.45, 2.75) is 18.9 Å². The van der Waals surface area contributed by atoms with E-state index in [-0.39, 0.29) is 24.5 Å². The van der Waals surface area contributed by atoms with E-state index < -0.39 is 5.97 Å². The van der Waals surface area contributed by atoms with Crippen molar-refractivity contribution in [3.63, 3.8) is 0 Å². The first-order chi connectivity index (χ1) is 8.15. The zero-order valence-electron chi connectivity index (χ0n) is 9.72. The van der Waals surface area contributed by atoms with Crippen LogP contribution in [-0.2, 0) is 14.3 Å². The first kappa shape index (κ1) is 12.3. The molecule has 17 heavy (non-hydrogen) atoms. The zero-order valence-corrected chi connectivity index (χ0v) is 9.72. The highest BCUT2D eigenvalue weighted by molar-refractivity contribution is 5.79. The maximum absolute atomic E-state index is 11.5. The van der Waals surface area contributed by atoms with Crippen LogP contribution in [-0.4, -0.2) is 60.8 Å². The van der Waals surface area contributed by atoms with Gasteiger partial charge in [-0.1, -0.05) is 0 Å². The van der Waals surface area contributed by atoms with E-state index in [0.29, 0.717) is 19.6 Å². The summed E-state index contributed by atoms with van der Waals surface area (Å²) in [6, 6.07) is 0. The second-order valence-electron chi connectivity index (χ2n) is 4.67. The molecular formula is C11H18N2O4. The summed E-state index contributed by atoms with van der Waals surface area (Å²) in [5.41, 5.74) is 0. The predicted molar refractivity (Wildman–Crippen MR) is 59.5 cm³/mol. The molecule has 0 saturated carbocycles. The van der Waals surface area contributed by atoms with Crippen LogP contribution in [0, 0.1) is 5.92 Å². The van der Waals surface area contributed by atoms with Crippen molar-refractivity contribution in [3.05, 3.63) is 0 Å². The molecule has 96 valence electrons. The van der Waals surface area contributed by atoms with Crippen LogP contribution in [0.2, 0.25) is 0 Å². The number of ether oxygens (including phenoxy) is 1. The quantitative estimate of drug-likeness (QED) is 0.666. The first-order valence-corrected chi connectivity index (χ1v) is 5.98. The van der Waals surface area contributed by atoms with Gasteiger partial charge in [-0.15, -0.1) is 0 Å². The van der Waals surface area contributed by atoms with Gasteiger partial charge in [-0.3, -0.25) is 14.5 Å². The van der Waals surface area contributed by atoms with E-state index in [1.807, 2.05) is 4.90 Å². The predicted octanol–water partition coefficient (Wildman–Crippen LogP) is -0.702. The Balaban J connectivity index is 1.57. The smallest absolute Gasteiger partial charge is 0.309 e. The Bertz CT molecular complexity index is 296. The summed E-state index contributed by atoms with van der Waals surface area (Å²) in [5, 5.41) is 11.5. The third-order valence-corrected chi connectivity index (χ3v) is 3.22. The van der Waals surface area contributed by atoms with E-state index >= 15 is 0 Å². The SMILES string of the molecule is O=C(CN1CC(C(=O)O)C1)NCC1CCCO1. The summed E-state index contributed by atoms with van der Waals surface area (Å²) in [4.78, 5) is 23.9. The number of likely N-dealkylation sites (tertiary alicyclic amines) is 1. The summed E-state index contributed by atoms with van der Waals surface area (Å²) >= 11 is 0. The first-order valence-electron chi connectivity index (χ1n) is 5.98. The number of carboxylic acid groups (broad SMARTS) is 1. The average Bonchev–Trinajstić information content (AvgIpc) is 2.72. The van der Waals surface area contributed by atoms with E-state index in [1.54, 1.807) is 0 Å². The fraction of sp³-hybridized carbons (Fsp3) is 0.818. The molecule has 0 aromatic heterocycles. The van der Waals surface area contributed by atoms with E-state index in [9.17, 15) is 9.59 Å². The molecular weight excluding hydrogens is 224 g/mol. The van der Waals surface area contributed by atoms with E-state index in [2.05, 4.69) is 5.32 Å². The van der Waals surface area contributed by atoms with Gasteiger partial charge >= 0.3 is 5.97 Å². The summed E-state index contributed by atoms with van der Waals surface area (Å²) in [6.07, 6.45) is 2.22. The lowest BCUT2D eigenvalue weighted by Crippen LogP contribution is -2.53. The van der Waals surface area contributed by atoms with Gasteiger partial charge in [0.25, 0.3) is 0 Å². The lowest BCUT2D eigenvalue weighted by Gasteiger charge is -2.35. The lowest BCUT2D eigenvalue weighted by atomic mass is 10.0. The maximum atomic E-state index is 11.5. The second-order valence-corrected chi connectivity index (χ2v) is 4.67. The molecule has 2 heterocycles. The minimum Gasteiger partial charge on any atom is -0.481 e. The molecule has 1 amide bonds. The van der Waals surface area contributed by atoms with Crippen molar-refractivity contribution in [2.24, 2.45) is 5.92 Å². The van der Waals surface area contributed by atoms with Gasteiger partial charge in [0.15, 0.2) is 0 Å². The van der Waals surface area contributed by atoms with Gasteiger partial charge in [-0.25, -0.2) is 0 Å². The third kappa shape index (κ3) is 3.41. The molecule has 2 N–H and O–H groups in total. The number of carbonyl (C=O) groups excluding carboxylic acids is 1. The molecule has 0 aliphatic carbocycles. The number of carboxylic acids is 1. The Labute approximate surface area is 99.9 Å². The lowest BCUT2D eigenvalue weighted by molar-refractivity contribution is -0.148.